The number of carbonyl (C=O) groups excluding carboxylic acids is 1. The summed E-state index contributed by atoms with van der Waals surface area (Å²) in [6.45, 7) is 0.853. The Balaban J connectivity index is 0.00000144. The molecule has 5 N–H and O–H groups in total. The van der Waals surface area contributed by atoms with E-state index in [4.69, 9.17) is 5.73 Å². The van der Waals surface area contributed by atoms with E-state index in [0.717, 1.165) is 18.5 Å². The molecule has 2 unspecified atom stereocenters. The maximum Gasteiger partial charge on any atom is 0.242 e. The Hall–Kier alpha value is -0.850. The number of hydrogen-bond donors (Lipinski definition) is 4. The van der Waals surface area contributed by atoms with Crippen LogP contribution in [-0.4, -0.2) is 18.6 Å². The molecule has 0 aromatic heterocycles. The van der Waals surface area contributed by atoms with E-state index >= 15 is 0 Å². The van der Waals surface area contributed by atoms with E-state index < -0.39 is 6.04 Å². The minimum Gasteiger partial charge on any atom is -0.338 e. The molecule has 0 aliphatic carbocycles. The summed E-state index contributed by atoms with van der Waals surface area (Å²) in [4.78, 5) is 11.8. The van der Waals surface area contributed by atoms with Crippen LogP contribution in [0, 0.1) is 0 Å². The van der Waals surface area contributed by atoms with Crippen LogP contribution in [0.1, 0.15) is 18.0 Å². The Kier molecular flexibility index (Phi) is 7.90. The molecule has 1 aliphatic rings. The van der Waals surface area contributed by atoms with Gasteiger partial charge in [0.2, 0.25) is 5.91 Å². The summed E-state index contributed by atoms with van der Waals surface area (Å²) in [5.74, 6) is -0.160. The quantitative estimate of drug-likeness (QED) is 0.653. The number of halogens is 2. The van der Waals surface area contributed by atoms with Gasteiger partial charge in [-0.2, -0.15) is 0 Å². The molecule has 1 aliphatic heterocycles. The Morgan fingerprint density at radius 2 is 2.00 bits per heavy atom. The van der Waals surface area contributed by atoms with Gasteiger partial charge in [-0.1, -0.05) is 30.3 Å². The molecule has 2 atom stereocenters. The van der Waals surface area contributed by atoms with Crippen LogP contribution < -0.4 is 21.9 Å². The molecule has 0 spiro atoms. The number of amides is 1. The Morgan fingerprint density at radius 3 is 2.56 bits per heavy atom. The van der Waals surface area contributed by atoms with Crippen LogP contribution in [0.5, 0.6) is 0 Å². The number of nitrogens with two attached hydrogens (primary N) is 1. The number of hydrazine groups is 1. The summed E-state index contributed by atoms with van der Waals surface area (Å²) in [5.41, 5.74) is 12.6. The van der Waals surface area contributed by atoms with E-state index in [1.807, 2.05) is 30.3 Å². The summed E-state index contributed by atoms with van der Waals surface area (Å²) in [6.07, 6.45) is 0.843. The van der Waals surface area contributed by atoms with E-state index in [9.17, 15) is 4.79 Å². The van der Waals surface area contributed by atoms with Gasteiger partial charge in [0.15, 0.2) is 0 Å². The lowest BCUT2D eigenvalue weighted by Gasteiger charge is -2.16. The summed E-state index contributed by atoms with van der Waals surface area (Å²) in [5, 5.41) is 2.84. The van der Waals surface area contributed by atoms with Crippen molar-refractivity contribution in [3.8, 4) is 0 Å². The van der Waals surface area contributed by atoms with Crippen molar-refractivity contribution in [3.63, 3.8) is 0 Å². The number of benzene rings is 1. The van der Waals surface area contributed by atoms with Crippen molar-refractivity contribution in [3.05, 3.63) is 35.9 Å². The monoisotopic (exact) mass is 292 g/mol. The zero-order chi connectivity index (χ0) is 11.4. The maximum atomic E-state index is 11.8. The Bertz CT molecular complexity index is 357. The van der Waals surface area contributed by atoms with E-state index in [-0.39, 0.29) is 36.9 Å². The molecule has 0 radical (unpaired) electrons. The molecule has 7 heteroatoms. The van der Waals surface area contributed by atoms with Gasteiger partial charge < -0.3 is 11.1 Å². The first-order chi connectivity index (χ1) is 7.77. The largest absolute Gasteiger partial charge is 0.338 e. The molecule has 18 heavy (non-hydrogen) atoms. The fourth-order valence-electron chi connectivity index (χ4n) is 1.67. The first kappa shape index (κ1) is 17.2. The Morgan fingerprint density at radius 1 is 1.33 bits per heavy atom. The van der Waals surface area contributed by atoms with Crippen LogP contribution in [0.15, 0.2) is 30.3 Å². The molecule has 1 saturated heterocycles. The van der Waals surface area contributed by atoms with Gasteiger partial charge >= 0.3 is 0 Å². The summed E-state index contributed by atoms with van der Waals surface area (Å²) in [6, 6.07) is 8.74. The normalized spacial score (nSPS) is 19.3. The van der Waals surface area contributed by atoms with Crippen molar-refractivity contribution in [1.29, 1.82) is 0 Å². The standard InChI is InChI=1S/C11H16N4O.2ClH/c12-10(8-4-2-1-3-5-8)11(16)14-9-6-7-13-15-9;;/h1-5,9-10,13,15H,6-7,12H2,(H,14,16);2*1H. The second-order valence-corrected chi connectivity index (χ2v) is 3.81. The van der Waals surface area contributed by atoms with E-state index in [0.29, 0.717) is 0 Å². The molecular weight excluding hydrogens is 275 g/mol. The first-order valence-corrected chi connectivity index (χ1v) is 5.36. The zero-order valence-electron chi connectivity index (χ0n) is 9.76. The van der Waals surface area contributed by atoms with Crippen LogP contribution in [0.2, 0.25) is 0 Å². The van der Waals surface area contributed by atoms with Crippen molar-refractivity contribution in [2.24, 2.45) is 5.73 Å². The predicted octanol–water partition coefficient (Wildman–Crippen LogP) is 0.470. The van der Waals surface area contributed by atoms with Gasteiger partial charge in [0.05, 0.1) is 6.17 Å². The van der Waals surface area contributed by atoms with Gasteiger partial charge in [0.1, 0.15) is 6.04 Å². The van der Waals surface area contributed by atoms with Crippen LogP contribution in [-0.2, 0) is 4.79 Å². The van der Waals surface area contributed by atoms with Crippen LogP contribution >= 0.6 is 24.8 Å². The minimum atomic E-state index is -0.608. The third-order valence-electron chi connectivity index (χ3n) is 2.59. The highest BCUT2D eigenvalue weighted by molar-refractivity contribution is 5.85. The number of rotatable bonds is 3. The summed E-state index contributed by atoms with van der Waals surface area (Å²) in [7, 11) is 0. The van der Waals surface area contributed by atoms with Crippen molar-refractivity contribution in [2.75, 3.05) is 6.54 Å². The van der Waals surface area contributed by atoms with Crippen LogP contribution in [0.4, 0.5) is 0 Å². The van der Waals surface area contributed by atoms with E-state index in [2.05, 4.69) is 16.2 Å². The summed E-state index contributed by atoms with van der Waals surface area (Å²) < 4.78 is 0. The van der Waals surface area contributed by atoms with Gasteiger partial charge in [-0.25, -0.2) is 5.43 Å². The van der Waals surface area contributed by atoms with E-state index in [1.54, 1.807) is 0 Å². The second-order valence-electron chi connectivity index (χ2n) is 3.81. The average Bonchev–Trinajstić information content (AvgIpc) is 2.82. The zero-order valence-corrected chi connectivity index (χ0v) is 11.4. The van der Waals surface area contributed by atoms with Gasteiger partial charge in [-0.15, -0.1) is 24.8 Å². The van der Waals surface area contributed by atoms with Gasteiger partial charge in [-0.05, 0) is 12.0 Å². The molecular formula is C11H18Cl2N4O. The third-order valence-corrected chi connectivity index (χ3v) is 2.59. The van der Waals surface area contributed by atoms with Crippen LogP contribution in [0.25, 0.3) is 0 Å². The van der Waals surface area contributed by atoms with Crippen LogP contribution in [0.3, 0.4) is 0 Å². The lowest BCUT2D eigenvalue weighted by Crippen LogP contribution is -2.47. The second kappa shape index (κ2) is 8.29. The highest BCUT2D eigenvalue weighted by Crippen LogP contribution is 2.09. The number of nitrogens with one attached hydrogen (secondary N) is 3. The maximum absolute atomic E-state index is 11.8. The van der Waals surface area contributed by atoms with Gasteiger partial charge in [0.25, 0.3) is 0 Å². The Labute approximate surface area is 119 Å². The van der Waals surface area contributed by atoms with Gasteiger partial charge in [0, 0.05) is 6.54 Å². The lowest BCUT2D eigenvalue weighted by molar-refractivity contribution is -0.123. The molecule has 1 aromatic rings. The molecule has 5 nitrogen and oxygen atoms in total. The highest BCUT2D eigenvalue weighted by Gasteiger charge is 2.21. The van der Waals surface area contributed by atoms with E-state index in [1.165, 1.54) is 0 Å². The third kappa shape index (κ3) is 4.44. The SMILES string of the molecule is Cl.Cl.NC(C(=O)NC1CCNN1)c1ccccc1. The first-order valence-electron chi connectivity index (χ1n) is 5.36. The molecule has 1 heterocycles. The molecule has 0 saturated carbocycles. The molecule has 1 aromatic carbocycles. The fraction of sp³-hybridized carbons (Fsp3) is 0.364. The topological polar surface area (TPSA) is 79.2 Å². The van der Waals surface area contributed by atoms with Crippen molar-refractivity contribution >= 4 is 30.7 Å². The molecule has 1 fully saturated rings. The fourth-order valence-corrected chi connectivity index (χ4v) is 1.67. The number of carbonyl (C=O) groups is 1. The molecule has 2 rings (SSSR count). The summed E-state index contributed by atoms with van der Waals surface area (Å²) >= 11 is 0. The molecule has 102 valence electrons. The van der Waals surface area contributed by atoms with Crippen molar-refractivity contribution < 1.29 is 4.79 Å². The van der Waals surface area contributed by atoms with Crippen molar-refractivity contribution in [2.45, 2.75) is 18.6 Å². The smallest absolute Gasteiger partial charge is 0.242 e. The van der Waals surface area contributed by atoms with Crippen molar-refractivity contribution in [1.82, 2.24) is 16.2 Å². The highest BCUT2D eigenvalue weighted by atomic mass is 35.5. The average molecular weight is 293 g/mol. The lowest BCUT2D eigenvalue weighted by atomic mass is 10.1. The van der Waals surface area contributed by atoms with Gasteiger partial charge in [-0.3, -0.25) is 10.2 Å². The molecule has 1 amide bonds. The predicted molar refractivity (Wildman–Crippen MR) is 75.6 cm³/mol. The minimum absolute atomic E-state index is 0. The number of hydrogen-bond acceptors (Lipinski definition) is 4. The molecule has 0 bridgehead atoms.